The van der Waals surface area contributed by atoms with Crippen LogP contribution in [-0.2, 0) is 6.54 Å². The van der Waals surface area contributed by atoms with Gasteiger partial charge in [-0.2, -0.15) is 4.68 Å². The summed E-state index contributed by atoms with van der Waals surface area (Å²) in [5.74, 6) is 0.829. The van der Waals surface area contributed by atoms with Crippen molar-refractivity contribution in [2.75, 3.05) is 6.54 Å². The van der Waals surface area contributed by atoms with Gasteiger partial charge in [0.2, 0.25) is 0 Å². The van der Waals surface area contributed by atoms with Crippen LogP contribution in [0, 0.1) is 0 Å². The van der Waals surface area contributed by atoms with E-state index in [-0.39, 0.29) is 0 Å². The molecule has 0 radical (unpaired) electrons. The first-order chi connectivity index (χ1) is 9.90. The predicted molar refractivity (Wildman–Crippen MR) is 78.7 cm³/mol. The standard InChI is InChI=1S/C15H17N5/c1-2-10-16-11-15-17-18-19-20(15)14-9-5-7-12-6-3-4-8-13(12)14/h3-9,16H,2,10-11H2,1H3. The number of rotatable bonds is 5. The fourth-order valence-corrected chi connectivity index (χ4v) is 2.27. The maximum atomic E-state index is 4.13. The molecule has 0 fully saturated rings. The van der Waals surface area contributed by atoms with E-state index in [0.717, 1.165) is 29.9 Å². The van der Waals surface area contributed by atoms with Crippen molar-refractivity contribution in [3.05, 3.63) is 48.3 Å². The first-order valence-electron chi connectivity index (χ1n) is 6.86. The average Bonchev–Trinajstić information content (AvgIpc) is 2.95. The molecule has 0 bridgehead atoms. The molecular formula is C15H17N5. The molecule has 1 N–H and O–H groups in total. The number of nitrogens with zero attached hydrogens (tertiary/aromatic N) is 4. The van der Waals surface area contributed by atoms with E-state index in [4.69, 9.17) is 0 Å². The van der Waals surface area contributed by atoms with Crippen molar-refractivity contribution in [3.8, 4) is 5.69 Å². The van der Waals surface area contributed by atoms with Crippen LogP contribution in [0.1, 0.15) is 19.2 Å². The SMILES string of the molecule is CCCNCc1nnnn1-c1cccc2ccccc12. The Morgan fingerprint density at radius 1 is 1.10 bits per heavy atom. The van der Waals surface area contributed by atoms with Gasteiger partial charge in [-0.1, -0.05) is 43.3 Å². The zero-order valence-electron chi connectivity index (χ0n) is 11.5. The molecule has 0 saturated carbocycles. The minimum Gasteiger partial charge on any atom is -0.310 e. The van der Waals surface area contributed by atoms with Crippen molar-refractivity contribution < 1.29 is 0 Å². The monoisotopic (exact) mass is 267 g/mol. The summed E-state index contributed by atoms with van der Waals surface area (Å²) in [4.78, 5) is 0. The van der Waals surface area contributed by atoms with E-state index in [0.29, 0.717) is 6.54 Å². The van der Waals surface area contributed by atoms with Crippen LogP contribution < -0.4 is 5.32 Å². The summed E-state index contributed by atoms with van der Waals surface area (Å²) in [6.45, 7) is 3.77. The molecule has 5 heteroatoms. The number of nitrogens with one attached hydrogen (secondary N) is 1. The molecule has 1 heterocycles. The summed E-state index contributed by atoms with van der Waals surface area (Å²) < 4.78 is 1.81. The molecule has 0 aliphatic rings. The Morgan fingerprint density at radius 2 is 1.95 bits per heavy atom. The quantitative estimate of drug-likeness (QED) is 0.721. The lowest BCUT2D eigenvalue weighted by atomic mass is 10.1. The second-order valence-corrected chi connectivity index (χ2v) is 4.68. The van der Waals surface area contributed by atoms with Gasteiger partial charge in [-0.3, -0.25) is 0 Å². The maximum absolute atomic E-state index is 4.13. The smallest absolute Gasteiger partial charge is 0.170 e. The lowest BCUT2D eigenvalue weighted by Crippen LogP contribution is -2.17. The van der Waals surface area contributed by atoms with Gasteiger partial charge < -0.3 is 5.32 Å². The van der Waals surface area contributed by atoms with Gasteiger partial charge >= 0.3 is 0 Å². The highest BCUT2D eigenvalue weighted by Gasteiger charge is 2.10. The van der Waals surface area contributed by atoms with E-state index in [2.05, 4.69) is 46.0 Å². The summed E-state index contributed by atoms with van der Waals surface area (Å²) in [7, 11) is 0. The Bertz CT molecular complexity index is 699. The van der Waals surface area contributed by atoms with Crippen LogP contribution in [0.5, 0.6) is 0 Å². The first-order valence-corrected chi connectivity index (χ1v) is 6.86. The third kappa shape index (κ3) is 2.40. The summed E-state index contributed by atoms with van der Waals surface area (Å²) in [5, 5.41) is 17.7. The molecule has 0 amide bonds. The van der Waals surface area contributed by atoms with Gasteiger partial charge in [-0.05, 0) is 34.8 Å². The van der Waals surface area contributed by atoms with Gasteiger partial charge in [0.25, 0.3) is 0 Å². The molecule has 0 aliphatic carbocycles. The van der Waals surface area contributed by atoms with Crippen LogP contribution in [0.2, 0.25) is 0 Å². The number of benzene rings is 2. The minimum atomic E-state index is 0.671. The summed E-state index contributed by atoms with van der Waals surface area (Å²) in [5.41, 5.74) is 1.02. The molecule has 3 aromatic rings. The van der Waals surface area contributed by atoms with E-state index in [1.54, 1.807) is 0 Å². The largest absolute Gasteiger partial charge is 0.310 e. The Labute approximate surface area is 117 Å². The van der Waals surface area contributed by atoms with Crippen molar-refractivity contribution in [1.82, 2.24) is 25.5 Å². The molecule has 1 aromatic heterocycles. The molecule has 0 atom stereocenters. The summed E-state index contributed by atoms with van der Waals surface area (Å²) in [6.07, 6.45) is 1.09. The van der Waals surface area contributed by atoms with Crippen LogP contribution in [0.25, 0.3) is 16.5 Å². The predicted octanol–water partition coefficient (Wildman–Crippen LogP) is 2.32. The van der Waals surface area contributed by atoms with E-state index in [1.165, 1.54) is 5.39 Å². The highest BCUT2D eigenvalue weighted by Crippen LogP contribution is 2.21. The fraction of sp³-hybridized carbons (Fsp3) is 0.267. The van der Waals surface area contributed by atoms with Crippen molar-refractivity contribution in [3.63, 3.8) is 0 Å². The molecule has 2 aromatic carbocycles. The van der Waals surface area contributed by atoms with Gasteiger partial charge in [-0.25, -0.2) is 0 Å². The van der Waals surface area contributed by atoms with E-state index >= 15 is 0 Å². The van der Waals surface area contributed by atoms with Crippen LogP contribution in [0.4, 0.5) is 0 Å². The molecule has 0 unspecified atom stereocenters. The Hall–Kier alpha value is -2.27. The molecule has 102 valence electrons. The normalized spacial score (nSPS) is 11.1. The number of hydrogen-bond acceptors (Lipinski definition) is 4. The van der Waals surface area contributed by atoms with Crippen molar-refractivity contribution in [2.45, 2.75) is 19.9 Å². The van der Waals surface area contributed by atoms with E-state index < -0.39 is 0 Å². The third-order valence-corrected chi connectivity index (χ3v) is 3.24. The number of aromatic nitrogens is 4. The first kappa shape index (κ1) is 12.7. The number of fused-ring (bicyclic) bond motifs is 1. The highest BCUT2D eigenvalue weighted by molar-refractivity contribution is 5.89. The lowest BCUT2D eigenvalue weighted by molar-refractivity contribution is 0.633. The van der Waals surface area contributed by atoms with Gasteiger partial charge in [0.15, 0.2) is 5.82 Å². The molecule has 0 aliphatic heterocycles. The van der Waals surface area contributed by atoms with Crippen molar-refractivity contribution >= 4 is 10.8 Å². The molecule has 0 saturated heterocycles. The zero-order chi connectivity index (χ0) is 13.8. The molecule has 5 nitrogen and oxygen atoms in total. The molecule has 0 spiro atoms. The lowest BCUT2D eigenvalue weighted by Gasteiger charge is -2.08. The van der Waals surface area contributed by atoms with Crippen LogP contribution in [-0.4, -0.2) is 26.8 Å². The third-order valence-electron chi connectivity index (χ3n) is 3.24. The Morgan fingerprint density at radius 3 is 2.85 bits per heavy atom. The van der Waals surface area contributed by atoms with E-state index in [9.17, 15) is 0 Å². The van der Waals surface area contributed by atoms with Gasteiger partial charge in [0.1, 0.15) is 0 Å². The maximum Gasteiger partial charge on any atom is 0.170 e. The number of tetrazole rings is 1. The minimum absolute atomic E-state index is 0.671. The fourth-order valence-electron chi connectivity index (χ4n) is 2.27. The Kier molecular flexibility index (Phi) is 3.69. The zero-order valence-corrected chi connectivity index (χ0v) is 11.5. The molecular weight excluding hydrogens is 250 g/mol. The van der Waals surface area contributed by atoms with Gasteiger partial charge in [0.05, 0.1) is 12.2 Å². The van der Waals surface area contributed by atoms with Crippen LogP contribution in [0.15, 0.2) is 42.5 Å². The van der Waals surface area contributed by atoms with Gasteiger partial charge in [0, 0.05) is 5.39 Å². The summed E-state index contributed by atoms with van der Waals surface area (Å²) in [6, 6.07) is 14.4. The highest BCUT2D eigenvalue weighted by atomic mass is 15.5. The van der Waals surface area contributed by atoms with E-state index in [1.807, 2.05) is 28.9 Å². The summed E-state index contributed by atoms with van der Waals surface area (Å²) >= 11 is 0. The average molecular weight is 267 g/mol. The topological polar surface area (TPSA) is 55.6 Å². The van der Waals surface area contributed by atoms with Crippen LogP contribution in [0.3, 0.4) is 0 Å². The molecule has 20 heavy (non-hydrogen) atoms. The van der Waals surface area contributed by atoms with Gasteiger partial charge in [-0.15, -0.1) is 5.10 Å². The van der Waals surface area contributed by atoms with Crippen LogP contribution >= 0.6 is 0 Å². The Balaban J connectivity index is 2.01. The molecule has 3 rings (SSSR count). The second kappa shape index (κ2) is 5.79. The second-order valence-electron chi connectivity index (χ2n) is 4.68. The van der Waals surface area contributed by atoms with Crippen molar-refractivity contribution in [1.29, 1.82) is 0 Å². The van der Waals surface area contributed by atoms with Crippen molar-refractivity contribution in [2.24, 2.45) is 0 Å². The number of hydrogen-bond donors (Lipinski definition) is 1.